The standard InChI is InChI=1S/C11H14N2/c1-7(2)11-5-8(11)6-13-10-9(11)3-4-12-10/h3-4,6-8,12H,5H2,1-2H3. The van der Waals surface area contributed by atoms with E-state index >= 15 is 0 Å². The molecule has 2 unspecified atom stereocenters. The van der Waals surface area contributed by atoms with E-state index in [0.29, 0.717) is 11.3 Å². The van der Waals surface area contributed by atoms with Crippen LogP contribution < -0.4 is 0 Å². The van der Waals surface area contributed by atoms with Crippen molar-refractivity contribution >= 4 is 12.0 Å². The summed E-state index contributed by atoms with van der Waals surface area (Å²) in [6, 6.07) is 2.20. The Bertz CT molecular complexity index is 375. The number of aromatic nitrogens is 1. The van der Waals surface area contributed by atoms with Crippen molar-refractivity contribution in [3.63, 3.8) is 0 Å². The van der Waals surface area contributed by atoms with E-state index in [0.717, 1.165) is 11.7 Å². The second kappa shape index (κ2) is 2.06. The molecule has 0 bridgehead atoms. The van der Waals surface area contributed by atoms with E-state index in [1.807, 2.05) is 6.20 Å². The van der Waals surface area contributed by atoms with E-state index in [2.05, 4.69) is 36.1 Å². The number of hydrogen-bond donors (Lipinski definition) is 1. The Morgan fingerprint density at radius 3 is 3.23 bits per heavy atom. The van der Waals surface area contributed by atoms with Crippen molar-refractivity contribution in [3.8, 4) is 0 Å². The monoisotopic (exact) mass is 174 g/mol. The van der Waals surface area contributed by atoms with Gasteiger partial charge in [0, 0.05) is 29.3 Å². The molecule has 1 aliphatic carbocycles. The van der Waals surface area contributed by atoms with Gasteiger partial charge in [0.15, 0.2) is 0 Å². The van der Waals surface area contributed by atoms with Gasteiger partial charge in [-0.3, -0.25) is 0 Å². The molecule has 2 heteroatoms. The SMILES string of the molecule is CC(C)C12CC1C=Nc1[nH]ccc12. The van der Waals surface area contributed by atoms with E-state index in [1.54, 1.807) is 0 Å². The topological polar surface area (TPSA) is 28.1 Å². The van der Waals surface area contributed by atoms with Crippen molar-refractivity contribution in [1.82, 2.24) is 4.98 Å². The highest BCUT2D eigenvalue weighted by Gasteiger charge is 2.59. The van der Waals surface area contributed by atoms with Crippen LogP contribution in [0.3, 0.4) is 0 Å². The Kier molecular flexibility index (Phi) is 1.17. The summed E-state index contributed by atoms with van der Waals surface area (Å²) in [7, 11) is 0. The molecule has 3 rings (SSSR count). The number of aromatic amines is 1. The molecule has 2 heterocycles. The van der Waals surface area contributed by atoms with Crippen molar-refractivity contribution in [2.45, 2.75) is 25.7 Å². The maximum atomic E-state index is 4.42. The molecule has 1 saturated carbocycles. The summed E-state index contributed by atoms with van der Waals surface area (Å²) >= 11 is 0. The van der Waals surface area contributed by atoms with Crippen LogP contribution in [0.1, 0.15) is 25.8 Å². The molecule has 0 aromatic carbocycles. The third kappa shape index (κ3) is 0.718. The zero-order valence-electron chi connectivity index (χ0n) is 8.04. The quantitative estimate of drug-likeness (QED) is 0.678. The lowest BCUT2D eigenvalue weighted by Crippen LogP contribution is -2.19. The highest BCUT2D eigenvalue weighted by atomic mass is 14.9. The minimum absolute atomic E-state index is 0.428. The van der Waals surface area contributed by atoms with E-state index in [9.17, 15) is 0 Å². The van der Waals surface area contributed by atoms with E-state index in [-0.39, 0.29) is 0 Å². The van der Waals surface area contributed by atoms with Gasteiger partial charge in [0.1, 0.15) is 5.82 Å². The predicted octanol–water partition coefficient (Wildman–Crippen LogP) is 2.64. The Morgan fingerprint density at radius 2 is 2.46 bits per heavy atom. The van der Waals surface area contributed by atoms with Gasteiger partial charge >= 0.3 is 0 Å². The summed E-state index contributed by atoms with van der Waals surface area (Å²) < 4.78 is 0. The van der Waals surface area contributed by atoms with Crippen molar-refractivity contribution in [3.05, 3.63) is 17.8 Å². The zero-order valence-corrected chi connectivity index (χ0v) is 8.04. The van der Waals surface area contributed by atoms with Gasteiger partial charge in [-0.25, -0.2) is 4.99 Å². The van der Waals surface area contributed by atoms with Crippen LogP contribution in [0.4, 0.5) is 5.82 Å². The third-order valence-corrected chi connectivity index (χ3v) is 3.70. The Balaban J connectivity index is 2.18. The van der Waals surface area contributed by atoms with Crippen LogP contribution in [0, 0.1) is 11.8 Å². The minimum atomic E-state index is 0.428. The summed E-state index contributed by atoms with van der Waals surface area (Å²) in [5.41, 5.74) is 1.87. The number of aliphatic imine (C=N–C) groups is 1. The normalized spacial score (nSPS) is 34.5. The molecule has 2 aliphatic rings. The number of H-pyrrole nitrogens is 1. The van der Waals surface area contributed by atoms with Crippen molar-refractivity contribution in [1.29, 1.82) is 0 Å². The third-order valence-electron chi connectivity index (χ3n) is 3.70. The number of hydrogen-bond acceptors (Lipinski definition) is 1. The maximum absolute atomic E-state index is 4.42. The Labute approximate surface area is 78.1 Å². The first-order chi connectivity index (χ1) is 6.25. The van der Waals surface area contributed by atoms with Crippen LogP contribution in [-0.2, 0) is 5.41 Å². The zero-order chi connectivity index (χ0) is 9.05. The van der Waals surface area contributed by atoms with Gasteiger partial charge in [-0.05, 0) is 18.4 Å². The van der Waals surface area contributed by atoms with Crippen molar-refractivity contribution in [2.24, 2.45) is 16.8 Å². The van der Waals surface area contributed by atoms with Gasteiger partial charge in [-0.15, -0.1) is 0 Å². The molecular formula is C11H14N2. The van der Waals surface area contributed by atoms with Gasteiger partial charge < -0.3 is 4.98 Å². The lowest BCUT2D eigenvalue weighted by molar-refractivity contribution is 0.466. The molecular weight excluding hydrogens is 160 g/mol. The Morgan fingerprint density at radius 1 is 1.62 bits per heavy atom. The molecule has 1 aromatic rings. The summed E-state index contributed by atoms with van der Waals surface area (Å²) in [5, 5.41) is 0. The lowest BCUT2D eigenvalue weighted by Gasteiger charge is -2.22. The van der Waals surface area contributed by atoms with Crippen LogP contribution in [0.5, 0.6) is 0 Å². The van der Waals surface area contributed by atoms with E-state index in [1.165, 1.54) is 12.0 Å². The van der Waals surface area contributed by atoms with Gasteiger partial charge in [0.2, 0.25) is 0 Å². The first kappa shape index (κ1) is 7.36. The van der Waals surface area contributed by atoms with Crippen LogP contribution in [0.25, 0.3) is 0 Å². The molecule has 1 fully saturated rings. The highest BCUT2D eigenvalue weighted by molar-refractivity contribution is 5.78. The molecule has 68 valence electrons. The van der Waals surface area contributed by atoms with E-state index < -0.39 is 0 Å². The molecule has 0 radical (unpaired) electrons. The average Bonchev–Trinajstić information content (AvgIpc) is 2.69. The largest absolute Gasteiger partial charge is 0.346 e. The van der Waals surface area contributed by atoms with Gasteiger partial charge in [-0.1, -0.05) is 13.8 Å². The summed E-state index contributed by atoms with van der Waals surface area (Å²) in [6.07, 6.45) is 5.42. The average molecular weight is 174 g/mol. The van der Waals surface area contributed by atoms with Crippen molar-refractivity contribution in [2.75, 3.05) is 0 Å². The van der Waals surface area contributed by atoms with Gasteiger partial charge in [0.25, 0.3) is 0 Å². The first-order valence-corrected chi connectivity index (χ1v) is 4.97. The molecule has 0 spiro atoms. The van der Waals surface area contributed by atoms with Crippen LogP contribution in [-0.4, -0.2) is 11.2 Å². The summed E-state index contributed by atoms with van der Waals surface area (Å²) in [6.45, 7) is 4.63. The fourth-order valence-electron chi connectivity index (χ4n) is 2.78. The van der Waals surface area contributed by atoms with Crippen LogP contribution in [0.2, 0.25) is 0 Å². The lowest BCUT2D eigenvalue weighted by atomic mass is 9.83. The van der Waals surface area contributed by atoms with Crippen LogP contribution in [0.15, 0.2) is 17.3 Å². The Hall–Kier alpha value is -1.05. The fraction of sp³-hybridized carbons (Fsp3) is 0.545. The summed E-state index contributed by atoms with van der Waals surface area (Å²) in [5.74, 6) is 2.51. The number of fused-ring (bicyclic) bond motifs is 3. The minimum Gasteiger partial charge on any atom is -0.346 e. The maximum Gasteiger partial charge on any atom is 0.133 e. The second-order valence-electron chi connectivity index (χ2n) is 4.52. The molecule has 1 aromatic heterocycles. The number of rotatable bonds is 1. The number of nitrogens with zero attached hydrogens (tertiary/aromatic N) is 1. The van der Waals surface area contributed by atoms with E-state index in [4.69, 9.17) is 0 Å². The summed E-state index contributed by atoms with van der Waals surface area (Å²) in [4.78, 5) is 7.62. The van der Waals surface area contributed by atoms with Crippen molar-refractivity contribution < 1.29 is 0 Å². The molecule has 2 atom stereocenters. The highest BCUT2D eigenvalue weighted by Crippen LogP contribution is 2.62. The second-order valence-corrected chi connectivity index (χ2v) is 4.52. The molecule has 0 amide bonds. The first-order valence-electron chi connectivity index (χ1n) is 4.97. The molecule has 0 saturated heterocycles. The van der Waals surface area contributed by atoms with Crippen LogP contribution >= 0.6 is 0 Å². The fourth-order valence-corrected chi connectivity index (χ4v) is 2.78. The predicted molar refractivity (Wildman–Crippen MR) is 53.6 cm³/mol. The molecule has 1 N–H and O–H groups in total. The smallest absolute Gasteiger partial charge is 0.133 e. The molecule has 1 aliphatic heterocycles. The van der Waals surface area contributed by atoms with Gasteiger partial charge in [0.05, 0.1) is 0 Å². The molecule has 2 nitrogen and oxygen atoms in total. The number of nitrogens with one attached hydrogen (secondary N) is 1. The molecule has 13 heavy (non-hydrogen) atoms. The van der Waals surface area contributed by atoms with Gasteiger partial charge in [-0.2, -0.15) is 0 Å².